The Kier molecular flexibility index (Phi) is 4.18. The van der Waals surface area contributed by atoms with E-state index in [0.29, 0.717) is 41.9 Å². The summed E-state index contributed by atoms with van der Waals surface area (Å²) < 4.78 is 33.0. The SMILES string of the molecule is CN1[C@@H]2CC[C@H]1CC(S(=O)(=O)c1c(Cl)ccc3nc(C(C)(C)C)oc13)C2. The standard InChI is InChI=1S/C19H25ClN2O3S/c1-19(2,3)18-21-15-8-7-14(20)17(16(15)25-18)26(23,24)13-9-11-5-6-12(10-13)22(11)4/h7-8,11-13H,5-6,9-10H2,1-4H3/t11-,12+,13?. The van der Waals surface area contributed by atoms with Crippen LogP contribution in [0.3, 0.4) is 0 Å². The van der Waals surface area contributed by atoms with Crippen LogP contribution in [0.2, 0.25) is 5.02 Å². The Balaban J connectivity index is 1.82. The van der Waals surface area contributed by atoms with Crippen LogP contribution in [-0.4, -0.2) is 42.7 Å². The quantitative estimate of drug-likeness (QED) is 0.761. The lowest BCUT2D eigenvalue weighted by molar-refractivity contribution is 0.180. The molecule has 7 heteroatoms. The van der Waals surface area contributed by atoms with E-state index < -0.39 is 15.1 Å². The van der Waals surface area contributed by atoms with Crippen LogP contribution in [0, 0.1) is 0 Å². The van der Waals surface area contributed by atoms with Crippen molar-refractivity contribution in [1.82, 2.24) is 9.88 Å². The molecule has 2 aromatic rings. The van der Waals surface area contributed by atoms with Crippen molar-refractivity contribution < 1.29 is 12.8 Å². The summed E-state index contributed by atoms with van der Waals surface area (Å²) in [7, 11) is -1.49. The molecule has 0 N–H and O–H groups in total. The van der Waals surface area contributed by atoms with Crippen LogP contribution in [0.15, 0.2) is 21.4 Å². The molecule has 4 rings (SSSR count). The zero-order valence-electron chi connectivity index (χ0n) is 15.6. The molecule has 1 aromatic carbocycles. The van der Waals surface area contributed by atoms with Gasteiger partial charge >= 0.3 is 0 Å². The van der Waals surface area contributed by atoms with E-state index in [9.17, 15) is 8.42 Å². The molecule has 0 saturated carbocycles. The first-order valence-electron chi connectivity index (χ1n) is 9.14. The molecule has 0 aliphatic carbocycles. The molecule has 142 valence electrons. The molecule has 1 aromatic heterocycles. The van der Waals surface area contributed by atoms with Gasteiger partial charge in [0, 0.05) is 17.5 Å². The van der Waals surface area contributed by atoms with Crippen molar-refractivity contribution in [3.8, 4) is 0 Å². The minimum absolute atomic E-state index is 0.119. The maximum absolute atomic E-state index is 13.5. The van der Waals surface area contributed by atoms with Crippen LogP contribution in [0.5, 0.6) is 0 Å². The summed E-state index contributed by atoms with van der Waals surface area (Å²) in [5.41, 5.74) is 0.543. The van der Waals surface area contributed by atoms with E-state index >= 15 is 0 Å². The molecule has 26 heavy (non-hydrogen) atoms. The van der Waals surface area contributed by atoms with Crippen molar-refractivity contribution in [2.24, 2.45) is 0 Å². The number of rotatable bonds is 2. The fourth-order valence-electron chi connectivity index (χ4n) is 4.31. The number of hydrogen-bond acceptors (Lipinski definition) is 5. The maximum Gasteiger partial charge on any atom is 0.200 e. The second kappa shape index (κ2) is 5.94. The Morgan fingerprint density at radius 1 is 1.19 bits per heavy atom. The average molecular weight is 397 g/mol. The fraction of sp³-hybridized carbons (Fsp3) is 0.632. The van der Waals surface area contributed by atoms with E-state index in [2.05, 4.69) is 16.9 Å². The highest BCUT2D eigenvalue weighted by Crippen LogP contribution is 2.42. The molecular formula is C19H25ClN2O3S. The smallest absolute Gasteiger partial charge is 0.200 e. The first kappa shape index (κ1) is 18.3. The van der Waals surface area contributed by atoms with Gasteiger partial charge in [-0.15, -0.1) is 0 Å². The molecule has 3 heterocycles. The van der Waals surface area contributed by atoms with E-state index in [1.165, 1.54) is 0 Å². The average Bonchev–Trinajstić information content (AvgIpc) is 3.03. The van der Waals surface area contributed by atoms with Crippen LogP contribution in [-0.2, 0) is 15.3 Å². The lowest BCUT2D eigenvalue weighted by Crippen LogP contribution is -2.44. The zero-order chi connectivity index (χ0) is 18.9. The minimum Gasteiger partial charge on any atom is -0.439 e. The molecule has 2 aliphatic rings. The van der Waals surface area contributed by atoms with Gasteiger partial charge in [0.25, 0.3) is 0 Å². The topological polar surface area (TPSA) is 63.4 Å². The van der Waals surface area contributed by atoms with Crippen LogP contribution in [0.25, 0.3) is 11.1 Å². The molecule has 1 unspecified atom stereocenters. The number of benzene rings is 1. The molecule has 0 radical (unpaired) electrons. The van der Waals surface area contributed by atoms with Gasteiger partial charge in [-0.05, 0) is 44.9 Å². The van der Waals surface area contributed by atoms with Crippen molar-refractivity contribution in [2.75, 3.05) is 7.05 Å². The Bertz CT molecular complexity index is 947. The second-order valence-electron chi connectivity index (χ2n) is 8.68. The molecule has 0 amide bonds. The largest absolute Gasteiger partial charge is 0.439 e. The minimum atomic E-state index is -3.59. The van der Waals surface area contributed by atoms with Crippen LogP contribution < -0.4 is 0 Å². The normalized spacial score (nSPS) is 27.3. The summed E-state index contributed by atoms with van der Waals surface area (Å²) in [6, 6.07) is 4.03. The summed E-state index contributed by atoms with van der Waals surface area (Å²) in [6.45, 7) is 5.96. The Hall–Kier alpha value is -1.11. The van der Waals surface area contributed by atoms with Gasteiger partial charge in [0.05, 0.1) is 10.3 Å². The highest BCUT2D eigenvalue weighted by molar-refractivity contribution is 7.92. The zero-order valence-corrected chi connectivity index (χ0v) is 17.2. The van der Waals surface area contributed by atoms with Crippen LogP contribution in [0.4, 0.5) is 0 Å². The second-order valence-corrected chi connectivity index (χ2v) is 11.3. The first-order valence-corrected chi connectivity index (χ1v) is 11.1. The molecule has 0 spiro atoms. The molecule has 3 atom stereocenters. The summed E-state index contributed by atoms with van der Waals surface area (Å²) in [6.07, 6.45) is 3.45. The highest BCUT2D eigenvalue weighted by atomic mass is 35.5. The number of aromatic nitrogens is 1. The molecule has 2 aliphatic heterocycles. The van der Waals surface area contributed by atoms with E-state index in [1.807, 2.05) is 20.8 Å². The van der Waals surface area contributed by atoms with Gasteiger partial charge in [-0.2, -0.15) is 0 Å². The number of halogens is 1. The highest BCUT2D eigenvalue weighted by Gasteiger charge is 2.45. The molecule has 2 bridgehead atoms. The van der Waals surface area contributed by atoms with Crippen molar-refractivity contribution in [3.05, 3.63) is 23.0 Å². The van der Waals surface area contributed by atoms with Crippen LogP contribution >= 0.6 is 11.6 Å². The van der Waals surface area contributed by atoms with Gasteiger partial charge in [-0.3, -0.25) is 0 Å². The number of piperidine rings is 1. The van der Waals surface area contributed by atoms with E-state index in [1.54, 1.807) is 12.1 Å². The lowest BCUT2D eigenvalue weighted by Gasteiger charge is -2.35. The number of nitrogens with zero attached hydrogens (tertiary/aromatic N) is 2. The van der Waals surface area contributed by atoms with Crippen molar-refractivity contribution >= 4 is 32.5 Å². The van der Waals surface area contributed by atoms with E-state index in [0.717, 1.165) is 12.8 Å². The molecule has 2 saturated heterocycles. The molecule has 5 nitrogen and oxygen atoms in total. The first-order chi connectivity index (χ1) is 12.1. The van der Waals surface area contributed by atoms with Gasteiger partial charge in [0.2, 0.25) is 5.89 Å². The Morgan fingerprint density at radius 3 is 2.38 bits per heavy atom. The fourth-order valence-corrected chi connectivity index (χ4v) is 6.81. The van der Waals surface area contributed by atoms with Gasteiger partial charge in [-0.25, -0.2) is 13.4 Å². The predicted molar refractivity (Wildman–Crippen MR) is 102 cm³/mol. The number of oxazole rings is 1. The summed E-state index contributed by atoms with van der Waals surface area (Å²) in [5, 5.41) is -0.192. The third-order valence-electron chi connectivity index (χ3n) is 5.88. The monoisotopic (exact) mass is 396 g/mol. The number of hydrogen-bond donors (Lipinski definition) is 0. The summed E-state index contributed by atoms with van der Waals surface area (Å²) >= 11 is 6.37. The van der Waals surface area contributed by atoms with E-state index in [4.69, 9.17) is 16.0 Å². The lowest BCUT2D eigenvalue weighted by atomic mass is 9.97. The van der Waals surface area contributed by atoms with Gasteiger partial charge < -0.3 is 9.32 Å². The Morgan fingerprint density at radius 2 is 1.81 bits per heavy atom. The number of fused-ring (bicyclic) bond motifs is 3. The number of sulfone groups is 1. The van der Waals surface area contributed by atoms with Crippen molar-refractivity contribution in [3.63, 3.8) is 0 Å². The maximum atomic E-state index is 13.5. The summed E-state index contributed by atoms with van der Waals surface area (Å²) in [4.78, 5) is 6.95. The Labute approximate surface area is 159 Å². The van der Waals surface area contributed by atoms with Gasteiger partial charge in [0.1, 0.15) is 10.4 Å². The molecular weight excluding hydrogens is 372 g/mol. The van der Waals surface area contributed by atoms with Crippen LogP contribution in [0.1, 0.15) is 52.3 Å². The van der Waals surface area contributed by atoms with Gasteiger partial charge in [-0.1, -0.05) is 32.4 Å². The predicted octanol–water partition coefficient (Wildman–Crippen LogP) is 4.18. The third kappa shape index (κ3) is 2.77. The third-order valence-corrected chi connectivity index (χ3v) is 8.55. The molecule has 2 fully saturated rings. The van der Waals surface area contributed by atoms with Crippen molar-refractivity contribution in [2.45, 2.75) is 74.1 Å². The van der Waals surface area contributed by atoms with Gasteiger partial charge in [0.15, 0.2) is 15.4 Å². The van der Waals surface area contributed by atoms with Crippen molar-refractivity contribution in [1.29, 1.82) is 0 Å². The summed E-state index contributed by atoms with van der Waals surface area (Å²) in [5.74, 6) is 0.523. The van der Waals surface area contributed by atoms with E-state index in [-0.39, 0.29) is 15.3 Å².